The molecule has 29 heavy (non-hydrogen) atoms. The fourth-order valence-electron chi connectivity index (χ4n) is 2.52. The molecular weight excluding hydrogens is 478 g/mol. The standard InChI is InChI=1S/C20H24BrNO5S2/c1-4-26-15-10-13(9-14(21)18(15)27-8-6-12(2)3)11-16-19(25)22(20(28)29-16)7-5-17(23)24/h9-12H,4-8H2,1-3H3,(H,23,24)/b16-11+. The van der Waals surface area contributed by atoms with Gasteiger partial charge in [0.25, 0.3) is 5.91 Å². The maximum atomic E-state index is 12.6. The molecule has 0 spiro atoms. The number of hydrogen-bond acceptors (Lipinski definition) is 6. The van der Waals surface area contributed by atoms with Crippen molar-refractivity contribution in [1.29, 1.82) is 0 Å². The minimum atomic E-state index is -0.971. The molecule has 2 rings (SSSR count). The van der Waals surface area contributed by atoms with Crippen LogP contribution in [0.25, 0.3) is 6.08 Å². The second-order valence-corrected chi connectivity index (χ2v) is 9.30. The molecule has 0 aliphatic carbocycles. The average Bonchev–Trinajstić information content (AvgIpc) is 2.88. The number of nitrogens with zero attached hydrogens (tertiary/aromatic N) is 1. The Morgan fingerprint density at radius 2 is 2.10 bits per heavy atom. The van der Waals surface area contributed by atoms with Gasteiger partial charge in [0.15, 0.2) is 11.5 Å². The fraction of sp³-hybridized carbons (Fsp3) is 0.450. The first kappa shape index (κ1) is 23.7. The second-order valence-electron chi connectivity index (χ2n) is 6.77. The van der Waals surface area contributed by atoms with Crippen LogP contribution in [0.2, 0.25) is 0 Å². The number of carboxylic acid groups (broad SMARTS) is 1. The van der Waals surface area contributed by atoms with Crippen LogP contribution in [-0.2, 0) is 9.59 Å². The quantitative estimate of drug-likeness (QED) is 0.359. The highest BCUT2D eigenvalue weighted by Gasteiger charge is 2.32. The van der Waals surface area contributed by atoms with Crippen LogP contribution in [-0.4, -0.2) is 46.0 Å². The van der Waals surface area contributed by atoms with E-state index in [2.05, 4.69) is 29.8 Å². The normalized spacial score (nSPS) is 15.5. The van der Waals surface area contributed by atoms with Crippen LogP contribution in [0.5, 0.6) is 11.5 Å². The van der Waals surface area contributed by atoms with Crippen molar-refractivity contribution in [2.75, 3.05) is 19.8 Å². The monoisotopic (exact) mass is 501 g/mol. The van der Waals surface area contributed by atoms with Crippen LogP contribution in [0.1, 0.15) is 39.2 Å². The van der Waals surface area contributed by atoms with E-state index in [9.17, 15) is 9.59 Å². The van der Waals surface area contributed by atoms with Crippen molar-refractivity contribution in [3.8, 4) is 11.5 Å². The maximum Gasteiger partial charge on any atom is 0.305 e. The molecule has 1 amide bonds. The second kappa shape index (κ2) is 11.0. The number of carbonyl (C=O) groups is 2. The molecule has 1 aromatic carbocycles. The largest absolute Gasteiger partial charge is 0.490 e. The molecule has 0 saturated carbocycles. The maximum absolute atomic E-state index is 12.6. The van der Waals surface area contributed by atoms with Gasteiger partial charge in [0.1, 0.15) is 4.32 Å². The Balaban J connectivity index is 2.24. The van der Waals surface area contributed by atoms with E-state index in [1.165, 1.54) is 4.90 Å². The highest BCUT2D eigenvalue weighted by molar-refractivity contribution is 9.10. The van der Waals surface area contributed by atoms with Crippen LogP contribution >= 0.6 is 39.9 Å². The van der Waals surface area contributed by atoms with Crippen molar-refractivity contribution in [3.05, 3.63) is 27.1 Å². The third-order valence-electron chi connectivity index (χ3n) is 3.99. The van der Waals surface area contributed by atoms with E-state index in [4.69, 9.17) is 26.8 Å². The molecule has 9 heteroatoms. The number of halogens is 1. The molecule has 0 bridgehead atoms. The van der Waals surface area contributed by atoms with Gasteiger partial charge in [-0.2, -0.15) is 0 Å². The van der Waals surface area contributed by atoms with Crippen molar-refractivity contribution >= 4 is 62.2 Å². The average molecular weight is 502 g/mol. The summed E-state index contributed by atoms with van der Waals surface area (Å²) in [6.45, 7) is 7.29. The van der Waals surface area contributed by atoms with E-state index in [1.807, 2.05) is 19.1 Å². The number of aliphatic carboxylic acids is 1. The summed E-state index contributed by atoms with van der Waals surface area (Å²) in [5.41, 5.74) is 0.760. The molecule has 0 radical (unpaired) electrons. The van der Waals surface area contributed by atoms with E-state index in [0.717, 1.165) is 28.2 Å². The summed E-state index contributed by atoms with van der Waals surface area (Å²) in [6.07, 6.45) is 2.51. The molecule has 1 aliphatic heterocycles. The van der Waals surface area contributed by atoms with E-state index in [-0.39, 0.29) is 18.9 Å². The van der Waals surface area contributed by atoms with Gasteiger partial charge >= 0.3 is 5.97 Å². The molecule has 1 aliphatic rings. The van der Waals surface area contributed by atoms with E-state index in [0.29, 0.717) is 39.9 Å². The van der Waals surface area contributed by atoms with Crippen molar-refractivity contribution in [2.24, 2.45) is 5.92 Å². The minimum Gasteiger partial charge on any atom is -0.490 e. The van der Waals surface area contributed by atoms with Crippen LogP contribution in [0.3, 0.4) is 0 Å². The Morgan fingerprint density at radius 3 is 2.72 bits per heavy atom. The lowest BCUT2D eigenvalue weighted by Crippen LogP contribution is -2.30. The van der Waals surface area contributed by atoms with Gasteiger partial charge in [0, 0.05) is 6.54 Å². The van der Waals surface area contributed by atoms with Crippen molar-refractivity contribution in [3.63, 3.8) is 0 Å². The van der Waals surface area contributed by atoms with Crippen LogP contribution < -0.4 is 9.47 Å². The first-order valence-electron chi connectivity index (χ1n) is 9.29. The third kappa shape index (κ3) is 6.72. The molecule has 1 saturated heterocycles. The fourth-order valence-corrected chi connectivity index (χ4v) is 4.41. The molecule has 6 nitrogen and oxygen atoms in total. The third-order valence-corrected chi connectivity index (χ3v) is 5.96. The summed E-state index contributed by atoms with van der Waals surface area (Å²) < 4.78 is 12.8. The number of ether oxygens (including phenoxy) is 2. The number of thiocarbonyl (C=S) groups is 1. The summed E-state index contributed by atoms with van der Waals surface area (Å²) in [6, 6.07) is 3.68. The van der Waals surface area contributed by atoms with Crippen molar-refractivity contribution in [1.82, 2.24) is 4.90 Å². The van der Waals surface area contributed by atoms with E-state index < -0.39 is 5.97 Å². The van der Waals surface area contributed by atoms with Gasteiger partial charge in [-0.1, -0.05) is 37.8 Å². The Hall–Kier alpha value is -1.58. The molecular formula is C20H24BrNO5S2. The van der Waals surface area contributed by atoms with Crippen molar-refractivity contribution < 1.29 is 24.2 Å². The number of carboxylic acids is 1. The molecule has 158 valence electrons. The van der Waals surface area contributed by atoms with E-state index >= 15 is 0 Å². The molecule has 1 heterocycles. The Labute approximate surface area is 188 Å². The molecule has 1 fully saturated rings. The number of rotatable bonds is 10. The summed E-state index contributed by atoms with van der Waals surface area (Å²) in [5.74, 6) is 0.512. The molecule has 1 N–H and O–H groups in total. The zero-order valence-corrected chi connectivity index (χ0v) is 19.8. The zero-order valence-electron chi connectivity index (χ0n) is 16.6. The highest BCUT2D eigenvalue weighted by atomic mass is 79.9. The first-order chi connectivity index (χ1) is 13.7. The lowest BCUT2D eigenvalue weighted by molar-refractivity contribution is -0.137. The number of hydrogen-bond donors (Lipinski definition) is 1. The summed E-state index contributed by atoms with van der Waals surface area (Å²) >= 11 is 9.93. The van der Waals surface area contributed by atoms with Crippen LogP contribution in [0, 0.1) is 5.92 Å². The van der Waals surface area contributed by atoms with Gasteiger partial charge < -0.3 is 14.6 Å². The van der Waals surface area contributed by atoms with Gasteiger partial charge in [-0.25, -0.2) is 0 Å². The van der Waals surface area contributed by atoms with Crippen molar-refractivity contribution in [2.45, 2.75) is 33.6 Å². The van der Waals surface area contributed by atoms with Crippen LogP contribution in [0.15, 0.2) is 21.5 Å². The number of benzene rings is 1. The SMILES string of the molecule is CCOc1cc(/C=C2/SC(=S)N(CCC(=O)O)C2=O)cc(Br)c1OCCC(C)C. The minimum absolute atomic E-state index is 0.0634. The molecule has 0 atom stereocenters. The summed E-state index contributed by atoms with van der Waals surface area (Å²) in [7, 11) is 0. The predicted molar refractivity (Wildman–Crippen MR) is 122 cm³/mol. The van der Waals surface area contributed by atoms with Gasteiger partial charge in [-0.3, -0.25) is 14.5 Å². The predicted octanol–water partition coefficient (Wildman–Crippen LogP) is 4.95. The first-order valence-corrected chi connectivity index (χ1v) is 11.3. The van der Waals surface area contributed by atoms with Gasteiger partial charge in [0.2, 0.25) is 0 Å². The lowest BCUT2D eigenvalue weighted by Gasteiger charge is -2.15. The van der Waals surface area contributed by atoms with Crippen LogP contribution in [0.4, 0.5) is 0 Å². The van der Waals surface area contributed by atoms with Gasteiger partial charge in [0.05, 0.1) is 29.0 Å². The van der Waals surface area contributed by atoms with Gasteiger partial charge in [-0.15, -0.1) is 0 Å². The number of carbonyl (C=O) groups excluding carboxylic acids is 1. The molecule has 1 aromatic rings. The summed E-state index contributed by atoms with van der Waals surface area (Å²) in [4.78, 5) is 25.1. The number of thioether (sulfide) groups is 1. The number of amides is 1. The molecule has 0 unspecified atom stereocenters. The van der Waals surface area contributed by atoms with E-state index in [1.54, 1.807) is 6.08 Å². The Bertz CT molecular complexity index is 825. The van der Waals surface area contributed by atoms with Gasteiger partial charge in [-0.05, 0) is 59.0 Å². The Kier molecular flexibility index (Phi) is 8.98. The lowest BCUT2D eigenvalue weighted by atomic mass is 10.1. The topological polar surface area (TPSA) is 76.1 Å². The highest BCUT2D eigenvalue weighted by Crippen LogP contribution is 2.39. The smallest absolute Gasteiger partial charge is 0.305 e. The zero-order chi connectivity index (χ0) is 21.6. The summed E-state index contributed by atoms with van der Waals surface area (Å²) in [5, 5.41) is 8.84. The molecule has 0 aromatic heterocycles. The Morgan fingerprint density at radius 1 is 1.38 bits per heavy atom.